The van der Waals surface area contributed by atoms with E-state index in [1.165, 1.54) is 17.2 Å². The third kappa shape index (κ3) is 4.92. The van der Waals surface area contributed by atoms with Gasteiger partial charge >= 0.3 is 0 Å². The average molecular weight is 352 g/mol. The summed E-state index contributed by atoms with van der Waals surface area (Å²) < 4.78 is 14.7. The van der Waals surface area contributed by atoms with Gasteiger partial charge in [-0.1, -0.05) is 45.8 Å². The van der Waals surface area contributed by atoms with Crippen LogP contribution in [0.25, 0.3) is 0 Å². The molecular formula is C17H19BrFNO. The summed E-state index contributed by atoms with van der Waals surface area (Å²) in [6.45, 7) is 3.78. The number of aliphatic hydroxyl groups is 1. The minimum absolute atomic E-state index is 0.0570. The summed E-state index contributed by atoms with van der Waals surface area (Å²) in [5.41, 5.74) is 2.99. The molecule has 0 aliphatic carbocycles. The van der Waals surface area contributed by atoms with E-state index in [1.54, 1.807) is 12.1 Å². The van der Waals surface area contributed by atoms with Gasteiger partial charge in [0.2, 0.25) is 0 Å². The predicted molar refractivity (Wildman–Crippen MR) is 86.5 cm³/mol. The van der Waals surface area contributed by atoms with Crippen LogP contribution < -0.4 is 0 Å². The maximum absolute atomic E-state index is 13.9. The Bertz CT molecular complexity index is 603. The number of halogens is 2. The molecule has 0 saturated heterocycles. The van der Waals surface area contributed by atoms with Gasteiger partial charge in [0.15, 0.2) is 0 Å². The fourth-order valence-electron chi connectivity index (χ4n) is 2.33. The molecule has 0 radical (unpaired) electrons. The zero-order valence-electron chi connectivity index (χ0n) is 12.0. The standard InChI is InChI=1S/C17H19BrFNO/c1-13-3-2-4-14(9-13)11-20(7-8-21)12-15-10-16(18)5-6-17(15)19/h2-6,9-10,21H,7-8,11-12H2,1H3. The molecule has 2 nitrogen and oxygen atoms in total. The Hall–Kier alpha value is -1.23. The number of rotatable bonds is 6. The minimum atomic E-state index is -0.217. The van der Waals surface area contributed by atoms with Gasteiger partial charge in [-0.2, -0.15) is 0 Å². The lowest BCUT2D eigenvalue weighted by atomic mass is 10.1. The summed E-state index contributed by atoms with van der Waals surface area (Å²) in [7, 11) is 0. The highest BCUT2D eigenvalue weighted by molar-refractivity contribution is 9.10. The molecule has 0 bridgehead atoms. The second kappa shape index (κ2) is 7.69. The SMILES string of the molecule is Cc1cccc(CN(CCO)Cc2cc(Br)ccc2F)c1. The number of benzene rings is 2. The summed E-state index contributed by atoms with van der Waals surface area (Å²) >= 11 is 3.37. The van der Waals surface area contributed by atoms with Crippen LogP contribution >= 0.6 is 15.9 Å². The number of nitrogens with zero attached hydrogens (tertiary/aromatic N) is 1. The van der Waals surface area contributed by atoms with Crippen LogP contribution in [-0.4, -0.2) is 23.2 Å². The Morgan fingerprint density at radius 3 is 2.67 bits per heavy atom. The summed E-state index contributed by atoms with van der Waals surface area (Å²) in [5, 5.41) is 9.23. The average Bonchev–Trinajstić information content (AvgIpc) is 2.43. The molecule has 0 aliphatic rings. The molecule has 2 rings (SSSR count). The van der Waals surface area contributed by atoms with Crippen LogP contribution in [0.5, 0.6) is 0 Å². The highest BCUT2D eigenvalue weighted by Crippen LogP contribution is 2.18. The van der Waals surface area contributed by atoms with Crippen molar-refractivity contribution < 1.29 is 9.50 Å². The van der Waals surface area contributed by atoms with Gasteiger partial charge in [0, 0.05) is 29.7 Å². The van der Waals surface area contributed by atoms with E-state index in [9.17, 15) is 9.50 Å². The van der Waals surface area contributed by atoms with Crippen LogP contribution in [0.3, 0.4) is 0 Å². The molecular weight excluding hydrogens is 333 g/mol. The topological polar surface area (TPSA) is 23.5 Å². The van der Waals surface area contributed by atoms with E-state index in [2.05, 4.69) is 28.1 Å². The molecule has 1 N–H and O–H groups in total. The number of hydrogen-bond acceptors (Lipinski definition) is 2. The van der Waals surface area contributed by atoms with Crippen molar-refractivity contribution in [1.29, 1.82) is 0 Å². The third-order valence-electron chi connectivity index (χ3n) is 3.31. The third-order valence-corrected chi connectivity index (χ3v) is 3.80. The number of aliphatic hydroxyl groups excluding tert-OH is 1. The molecule has 0 spiro atoms. The Kier molecular flexibility index (Phi) is 5.91. The minimum Gasteiger partial charge on any atom is -0.395 e. The molecule has 0 unspecified atom stereocenters. The molecule has 21 heavy (non-hydrogen) atoms. The lowest BCUT2D eigenvalue weighted by molar-refractivity contribution is 0.183. The molecule has 0 saturated carbocycles. The van der Waals surface area contributed by atoms with Gasteiger partial charge in [0.05, 0.1) is 6.61 Å². The lowest BCUT2D eigenvalue weighted by Gasteiger charge is -2.22. The highest BCUT2D eigenvalue weighted by atomic mass is 79.9. The second-order valence-electron chi connectivity index (χ2n) is 5.16. The van der Waals surface area contributed by atoms with Gasteiger partial charge in [0.1, 0.15) is 5.82 Å². The summed E-state index contributed by atoms with van der Waals surface area (Å²) in [5.74, 6) is -0.217. The summed E-state index contributed by atoms with van der Waals surface area (Å²) in [6.07, 6.45) is 0. The first-order chi connectivity index (χ1) is 10.1. The smallest absolute Gasteiger partial charge is 0.127 e. The molecule has 0 heterocycles. The fourth-order valence-corrected chi connectivity index (χ4v) is 2.74. The van der Waals surface area contributed by atoms with Crippen molar-refractivity contribution in [2.24, 2.45) is 0 Å². The molecule has 0 fully saturated rings. The Balaban J connectivity index is 2.13. The molecule has 112 valence electrons. The zero-order valence-corrected chi connectivity index (χ0v) is 13.6. The van der Waals surface area contributed by atoms with Crippen molar-refractivity contribution in [1.82, 2.24) is 4.90 Å². The molecule has 0 amide bonds. The number of hydrogen-bond donors (Lipinski definition) is 1. The van der Waals surface area contributed by atoms with Crippen LogP contribution in [0.15, 0.2) is 46.9 Å². The Labute approximate surface area is 133 Å². The van der Waals surface area contributed by atoms with Crippen LogP contribution in [0.2, 0.25) is 0 Å². The van der Waals surface area contributed by atoms with Crippen LogP contribution in [0.1, 0.15) is 16.7 Å². The molecule has 0 aromatic heterocycles. The van der Waals surface area contributed by atoms with Crippen molar-refractivity contribution in [3.63, 3.8) is 0 Å². The molecule has 4 heteroatoms. The van der Waals surface area contributed by atoms with Gasteiger partial charge in [-0.05, 0) is 30.7 Å². The maximum Gasteiger partial charge on any atom is 0.127 e. The molecule has 0 aliphatic heterocycles. The first kappa shape index (κ1) is 16.1. The molecule has 2 aromatic rings. The largest absolute Gasteiger partial charge is 0.395 e. The normalized spacial score (nSPS) is 11.1. The van der Waals surface area contributed by atoms with Gasteiger partial charge in [0.25, 0.3) is 0 Å². The van der Waals surface area contributed by atoms with E-state index < -0.39 is 0 Å². The van der Waals surface area contributed by atoms with E-state index >= 15 is 0 Å². The van der Waals surface area contributed by atoms with E-state index in [0.717, 1.165) is 4.47 Å². The number of aryl methyl sites for hydroxylation is 1. The zero-order chi connectivity index (χ0) is 15.2. The maximum atomic E-state index is 13.9. The van der Waals surface area contributed by atoms with Crippen molar-refractivity contribution >= 4 is 15.9 Å². The van der Waals surface area contributed by atoms with E-state index in [4.69, 9.17) is 0 Å². The van der Waals surface area contributed by atoms with E-state index in [0.29, 0.717) is 25.2 Å². The quantitative estimate of drug-likeness (QED) is 0.853. The summed E-state index contributed by atoms with van der Waals surface area (Å²) in [6, 6.07) is 13.2. The molecule has 0 atom stereocenters. The van der Waals surface area contributed by atoms with Crippen LogP contribution in [0, 0.1) is 12.7 Å². The predicted octanol–water partition coefficient (Wildman–Crippen LogP) is 3.89. The second-order valence-corrected chi connectivity index (χ2v) is 6.07. The van der Waals surface area contributed by atoms with Crippen molar-refractivity contribution in [2.45, 2.75) is 20.0 Å². The van der Waals surface area contributed by atoms with Gasteiger partial charge in [-0.3, -0.25) is 4.90 Å². The van der Waals surface area contributed by atoms with Gasteiger partial charge in [-0.15, -0.1) is 0 Å². The van der Waals surface area contributed by atoms with E-state index in [1.807, 2.05) is 24.0 Å². The highest BCUT2D eigenvalue weighted by Gasteiger charge is 2.10. The first-order valence-electron chi connectivity index (χ1n) is 6.91. The van der Waals surface area contributed by atoms with Gasteiger partial charge in [-0.25, -0.2) is 4.39 Å². The van der Waals surface area contributed by atoms with E-state index in [-0.39, 0.29) is 12.4 Å². The van der Waals surface area contributed by atoms with Crippen molar-refractivity contribution in [3.8, 4) is 0 Å². The van der Waals surface area contributed by atoms with Crippen LogP contribution in [0.4, 0.5) is 4.39 Å². The Morgan fingerprint density at radius 1 is 1.14 bits per heavy atom. The van der Waals surface area contributed by atoms with Crippen molar-refractivity contribution in [3.05, 3.63) is 69.4 Å². The monoisotopic (exact) mass is 351 g/mol. The lowest BCUT2D eigenvalue weighted by Crippen LogP contribution is -2.26. The first-order valence-corrected chi connectivity index (χ1v) is 7.70. The Morgan fingerprint density at radius 2 is 1.95 bits per heavy atom. The van der Waals surface area contributed by atoms with Crippen molar-refractivity contribution in [2.75, 3.05) is 13.2 Å². The van der Waals surface area contributed by atoms with Crippen LogP contribution in [-0.2, 0) is 13.1 Å². The van der Waals surface area contributed by atoms with Gasteiger partial charge < -0.3 is 5.11 Å². The summed E-state index contributed by atoms with van der Waals surface area (Å²) in [4.78, 5) is 2.04. The molecule has 2 aromatic carbocycles. The fraction of sp³-hybridized carbons (Fsp3) is 0.294.